The molecule has 166 valence electrons. The number of esters is 1. The zero-order chi connectivity index (χ0) is 23.4. The van der Waals surface area contributed by atoms with Crippen LogP contribution in [0.25, 0.3) is 10.6 Å². The first-order valence-electron chi connectivity index (χ1n) is 11.0. The lowest BCUT2D eigenvalue weighted by Crippen LogP contribution is -2.39. The second-order valence-corrected chi connectivity index (χ2v) is 12.3. The SMILES string of the molecule is COC(=O)c1nc(-c2ccccc2)sc1[P+](c1ccccc1)(c1ccccc1)c1ccccc1. The molecule has 1 heterocycles. The number of benzene rings is 4. The van der Waals surface area contributed by atoms with Gasteiger partial charge >= 0.3 is 5.97 Å². The first kappa shape index (κ1) is 22.2. The van der Waals surface area contributed by atoms with Crippen LogP contribution in [-0.2, 0) is 4.74 Å². The second kappa shape index (κ2) is 9.72. The van der Waals surface area contributed by atoms with Gasteiger partial charge in [0.25, 0.3) is 0 Å². The molecule has 0 radical (unpaired) electrons. The van der Waals surface area contributed by atoms with Crippen molar-refractivity contribution in [2.45, 2.75) is 0 Å². The molecule has 0 saturated carbocycles. The lowest BCUT2D eigenvalue weighted by Gasteiger charge is -2.26. The van der Waals surface area contributed by atoms with Crippen LogP contribution >= 0.6 is 18.6 Å². The van der Waals surface area contributed by atoms with E-state index in [0.29, 0.717) is 5.69 Å². The van der Waals surface area contributed by atoms with Crippen molar-refractivity contribution in [2.24, 2.45) is 0 Å². The molecule has 0 N–H and O–H groups in total. The van der Waals surface area contributed by atoms with Crippen molar-refractivity contribution < 1.29 is 9.53 Å². The number of hydrogen-bond donors (Lipinski definition) is 0. The number of methoxy groups -OCH3 is 1. The number of nitrogens with zero attached hydrogens (tertiary/aromatic N) is 1. The minimum atomic E-state index is -2.45. The van der Waals surface area contributed by atoms with E-state index < -0.39 is 13.2 Å². The molecule has 0 fully saturated rings. The molecule has 0 amide bonds. The fourth-order valence-corrected chi connectivity index (χ4v) is 10.7. The maximum Gasteiger partial charge on any atom is 0.361 e. The van der Waals surface area contributed by atoms with Crippen molar-refractivity contribution in [3.8, 4) is 10.6 Å². The summed E-state index contributed by atoms with van der Waals surface area (Å²) in [4.78, 5) is 18.0. The Bertz CT molecular complexity index is 1290. The van der Waals surface area contributed by atoms with E-state index in [1.54, 1.807) is 11.3 Å². The molecular weight excluding hydrogens is 457 g/mol. The summed E-state index contributed by atoms with van der Waals surface area (Å²) in [5.41, 5.74) is 1.37. The van der Waals surface area contributed by atoms with Gasteiger partial charge in [0.15, 0.2) is 11.9 Å². The third-order valence-corrected chi connectivity index (χ3v) is 11.8. The van der Waals surface area contributed by atoms with Gasteiger partial charge in [-0.1, -0.05) is 96.3 Å². The van der Waals surface area contributed by atoms with E-state index in [-0.39, 0.29) is 0 Å². The highest BCUT2D eigenvalue weighted by Gasteiger charge is 2.52. The molecular formula is C29H23NO2PS+. The summed E-state index contributed by atoms with van der Waals surface area (Å²) in [7, 11) is -1.04. The zero-order valence-electron chi connectivity index (χ0n) is 18.7. The molecule has 0 atom stereocenters. The summed E-state index contributed by atoms with van der Waals surface area (Å²) in [5, 5.41) is 4.31. The van der Waals surface area contributed by atoms with Crippen LogP contribution in [0, 0.1) is 0 Å². The Morgan fingerprint density at radius 2 is 1.09 bits per heavy atom. The van der Waals surface area contributed by atoms with Gasteiger partial charge in [-0.3, -0.25) is 0 Å². The predicted molar refractivity (Wildman–Crippen MR) is 144 cm³/mol. The fourth-order valence-electron chi connectivity index (χ4n) is 4.23. The van der Waals surface area contributed by atoms with Gasteiger partial charge in [0.05, 0.1) is 7.11 Å². The number of carbonyl (C=O) groups excluding carboxylic acids is 1. The molecule has 0 aliphatic heterocycles. The highest BCUT2D eigenvalue weighted by atomic mass is 32.1. The van der Waals surface area contributed by atoms with Crippen molar-refractivity contribution >= 4 is 45.1 Å². The molecule has 34 heavy (non-hydrogen) atoms. The Kier molecular flexibility index (Phi) is 6.35. The van der Waals surface area contributed by atoms with Crippen molar-refractivity contribution in [2.75, 3.05) is 7.11 Å². The van der Waals surface area contributed by atoms with Crippen molar-refractivity contribution in [3.05, 3.63) is 127 Å². The van der Waals surface area contributed by atoms with Gasteiger partial charge in [0.1, 0.15) is 20.9 Å². The number of aromatic nitrogens is 1. The number of rotatable bonds is 6. The monoisotopic (exact) mass is 480 g/mol. The summed E-state index contributed by atoms with van der Waals surface area (Å²) in [6, 6.07) is 41.4. The van der Waals surface area contributed by atoms with E-state index in [4.69, 9.17) is 9.72 Å². The van der Waals surface area contributed by atoms with E-state index >= 15 is 0 Å². The molecule has 1 aromatic heterocycles. The first-order valence-corrected chi connectivity index (χ1v) is 13.6. The summed E-state index contributed by atoms with van der Waals surface area (Å²) < 4.78 is 6.20. The van der Waals surface area contributed by atoms with Crippen molar-refractivity contribution in [3.63, 3.8) is 0 Å². The maximum absolute atomic E-state index is 13.2. The Balaban J connectivity index is 1.92. The quantitative estimate of drug-likeness (QED) is 0.247. The largest absolute Gasteiger partial charge is 0.464 e. The lowest BCUT2D eigenvalue weighted by molar-refractivity contribution is 0.0596. The zero-order valence-corrected chi connectivity index (χ0v) is 20.4. The van der Waals surface area contributed by atoms with Crippen molar-refractivity contribution in [1.82, 2.24) is 4.98 Å². The standard InChI is InChI=1S/C29H23NO2PS/c1-32-28(31)26-29(34-27(30-26)22-14-6-2-7-15-22)33(23-16-8-3-9-17-23,24-18-10-4-11-19-24)25-20-12-5-13-21-25/h2-21H,1H3/q+1. The van der Waals surface area contributed by atoms with E-state index in [1.165, 1.54) is 23.0 Å². The molecule has 5 rings (SSSR count). The van der Waals surface area contributed by atoms with Crippen LogP contribution in [0.1, 0.15) is 10.5 Å². The number of carbonyl (C=O) groups is 1. The number of hydrogen-bond acceptors (Lipinski definition) is 4. The molecule has 0 unspecified atom stereocenters. The summed E-state index contributed by atoms with van der Waals surface area (Å²) >= 11 is 1.59. The van der Waals surface area contributed by atoms with E-state index in [2.05, 4.69) is 72.8 Å². The van der Waals surface area contributed by atoms with Gasteiger partial charge < -0.3 is 4.74 Å². The molecule has 3 nitrogen and oxygen atoms in total. The summed E-state index contributed by atoms with van der Waals surface area (Å²) in [6.45, 7) is 0. The molecule has 0 bridgehead atoms. The Morgan fingerprint density at radius 1 is 0.676 bits per heavy atom. The smallest absolute Gasteiger partial charge is 0.361 e. The van der Waals surface area contributed by atoms with E-state index in [9.17, 15) is 4.79 Å². The minimum absolute atomic E-state index is 0.385. The fraction of sp³-hybridized carbons (Fsp3) is 0.0345. The third kappa shape index (κ3) is 3.86. The first-order chi connectivity index (χ1) is 16.7. The summed E-state index contributed by atoms with van der Waals surface area (Å²) in [5.74, 6) is -0.416. The van der Waals surface area contributed by atoms with Gasteiger partial charge in [0, 0.05) is 5.56 Å². The van der Waals surface area contributed by atoms with Crippen LogP contribution in [0.5, 0.6) is 0 Å². The number of ether oxygens (including phenoxy) is 1. The molecule has 5 heteroatoms. The normalized spacial score (nSPS) is 11.2. The predicted octanol–water partition coefficient (Wildman–Crippen LogP) is 5.22. The van der Waals surface area contributed by atoms with E-state index in [1.807, 2.05) is 48.5 Å². The summed E-state index contributed by atoms with van der Waals surface area (Å²) in [6.07, 6.45) is 0. The number of thiazole rings is 1. The van der Waals surface area contributed by atoms with Gasteiger partial charge in [-0.2, -0.15) is 0 Å². The van der Waals surface area contributed by atoms with Crippen molar-refractivity contribution in [1.29, 1.82) is 0 Å². The average molecular weight is 481 g/mol. The average Bonchev–Trinajstić information content (AvgIpc) is 3.37. The third-order valence-electron chi connectivity index (χ3n) is 5.74. The Labute approximate surface area is 204 Å². The van der Waals surface area contributed by atoms with Crippen LogP contribution in [0.4, 0.5) is 0 Å². The molecule has 4 aromatic carbocycles. The Morgan fingerprint density at radius 3 is 1.50 bits per heavy atom. The van der Waals surface area contributed by atoms with Crippen LogP contribution in [0.3, 0.4) is 0 Å². The molecule has 0 saturated heterocycles. The molecule has 0 aliphatic rings. The minimum Gasteiger partial charge on any atom is -0.464 e. The second-order valence-electron chi connectivity index (χ2n) is 7.71. The molecule has 0 spiro atoms. The van der Waals surface area contributed by atoms with Gasteiger partial charge in [0.2, 0.25) is 5.69 Å². The highest BCUT2D eigenvalue weighted by molar-refractivity contribution is 8.04. The maximum atomic E-state index is 13.2. The molecule has 0 aliphatic carbocycles. The highest BCUT2D eigenvalue weighted by Crippen LogP contribution is 2.56. The van der Waals surface area contributed by atoms with Gasteiger partial charge in [-0.25, -0.2) is 9.78 Å². The Hall–Kier alpha value is -3.59. The lowest BCUT2D eigenvalue weighted by atomic mass is 10.2. The topological polar surface area (TPSA) is 39.2 Å². The van der Waals surface area contributed by atoms with E-state index in [0.717, 1.165) is 15.2 Å². The van der Waals surface area contributed by atoms with Crippen LogP contribution in [0.15, 0.2) is 121 Å². The van der Waals surface area contributed by atoms with Gasteiger partial charge in [-0.05, 0) is 36.4 Å². The van der Waals surface area contributed by atoms with Crippen LogP contribution in [-0.4, -0.2) is 18.1 Å². The van der Waals surface area contributed by atoms with Gasteiger partial charge in [-0.15, -0.1) is 0 Å². The van der Waals surface area contributed by atoms with Crippen LogP contribution < -0.4 is 20.5 Å². The van der Waals surface area contributed by atoms with Crippen LogP contribution in [0.2, 0.25) is 0 Å². The molecule has 5 aromatic rings.